The van der Waals surface area contributed by atoms with Crippen LogP contribution in [-0.2, 0) is 6.54 Å². The fourth-order valence-corrected chi connectivity index (χ4v) is 2.02. The quantitative estimate of drug-likeness (QED) is 0.870. The Bertz CT molecular complexity index is 747. The van der Waals surface area contributed by atoms with Crippen molar-refractivity contribution in [2.75, 3.05) is 7.11 Å². The molecule has 2 aromatic rings. The third kappa shape index (κ3) is 2.51. The summed E-state index contributed by atoms with van der Waals surface area (Å²) in [4.78, 5) is 11.9. The summed E-state index contributed by atoms with van der Waals surface area (Å²) in [6, 6.07) is 8.44. The van der Waals surface area contributed by atoms with Gasteiger partial charge in [-0.15, -0.1) is 0 Å². The molecule has 0 aliphatic carbocycles. The molecule has 0 amide bonds. The number of halogens is 1. The van der Waals surface area contributed by atoms with Gasteiger partial charge in [0.05, 0.1) is 12.8 Å². The molecule has 102 valence electrons. The lowest BCUT2D eigenvalue weighted by Gasteiger charge is -2.10. The van der Waals surface area contributed by atoms with Gasteiger partial charge >= 0.3 is 0 Å². The van der Waals surface area contributed by atoms with Gasteiger partial charge in [0.15, 0.2) is 0 Å². The maximum absolute atomic E-state index is 11.9. The van der Waals surface area contributed by atoms with Crippen molar-refractivity contribution >= 4 is 11.6 Å². The van der Waals surface area contributed by atoms with Crippen LogP contribution < -0.4 is 10.3 Å². The number of hydrogen-bond acceptors (Lipinski definition) is 4. The van der Waals surface area contributed by atoms with Gasteiger partial charge in [-0.25, -0.2) is 4.68 Å². The van der Waals surface area contributed by atoms with E-state index < -0.39 is 5.56 Å². The molecule has 20 heavy (non-hydrogen) atoms. The predicted octanol–water partition coefficient (Wildman–Crippen LogP) is 2.46. The predicted molar refractivity (Wildman–Crippen MR) is 75.9 cm³/mol. The molecule has 0 spiro atoms. The van der Waals surface area contributed by atoms with E-state index in [0.717, 1.165) is 0 Å². The molecule has 5 nitrogen and oxygen atoms in total. The van der Waals surface area contributed by atoms with Crippen LogP contribution in [0.5, 0.6) is 5.75 Å². The summed E-state index contributed by atoms with van der Waals surface area (Å²) in [7, 11) is 1.54. The second-order valence-electron chi connectivity index (χ2n) is 4.02. The summed E-state index contributed by atoms with van der Waals surface area (Å²) < 4.78 is 6.51. The number of methoxy groups -OCH3 is 1. The molecule has 1 aromatic heterocycles. The Hall–Kier alpha value is -2.32. The van der Waals surface area contributed by atoms with E-state index in [2.05, 4.69) is 5.10 Å². The van der Waals surface area contributed by atoms with E-state index in [4.69, 9.17) is 21.6 Å². The van der Waals surface area contributed by atoms with E-state index in [1.54, 1.807) is 25.1 Å². The summed E-state index contributed by atoms with van der Waals surface area (Å²) in [6.45, 7) is 2.17. The maximum Gasteiger partial charge on any atom is 0.284 e. The number of rotatable bonds is 3. The van der Waals surface area contributed by atoms with Gasteiger partial charge in [-0.2, -0.15) is 10.4 Å². The van der Waals surface area contributed by atoms with Crippen molar-refractivity contribution in [1.82, 2.24) is 9.78 Å². The molecular formula is C14H12ClN3O2. The number of nitriles is 1. The van der Waals surface area contributed by atoms with E-state index in [9.17, 15) is 4.79 Å². The Kier molecular flexibility index (Phi) is 4.06. The Morgan fingerprint density at radius 2 is 2.20 bits per heavy atom. The lowest BCUT2D eigenvalue weighted by molar-refractivity contribution is 0.416. The van der Waals surface area contributed by atoms with Crippen LogP contribution in [0.15, 0.2) is 29.1 Å². The third-order valence-electron chi connectivity index (χ3n) is 2.83. The minimum Gasteiger partial charge on any atom is -0.496 e. The standard InChI is InChI=1S/C14H12ClN3O2/c1-3-18-14(19)9(8-16)6-12(17-18)11-7-10(15)4-5-13(11)20-2/h4-7H,3H2,1-2H3. The van der Waals surface area contributed by atoms with E-state index >= 15 is 0 Å². The molecule has 6 heteroatoms. The summed E-state index contributed by atoms with van der Waals surface area (Å²) in [5.74, 6) is 0.576. The summed E-state index contributed by atoms with van der Waals surface area (Å²) >= 11 is 5.99. The van der Waals surface area contributed by atoms with Crippen molar-refractivity contribution < 1.29 is 4.74 Å². The van der Waals surface area contributed by atoms with Crippen LogP contribution in [0.3, 0.4) is 0 Å². The Balaban J connectivity index is 2.73. The lowest BCUT2D eigenvalue weighted by Crippen LogP contribution is -2.24. The minimum absolute atomic E-state index is 0.0406. The SMILES string of the molecule is CCn1nc(-c2cc(Cl)ccc2OC)cc(C#N)c1=O. The zero-order valence-corrected chi connectivity index (χ0v) is 11.8. The molecule has 0 saturated carbocycles. The first-order chi connectivity index (χ1) is 9.60. The number of ether oxygens (including phenoxy) is 1. The van der Waals surface area contributed by atoms with E-state index in [1.165, 1.54) is 17.9 Å². The van der Waals surface area contributed by atoms with Crippen molar-refractivity contribution in [2.45, 2.75) is 13.5 Å². The maximum atomic E-state index is 11.9. The van der Waals surface area contributed by atoms with Crippen LogP contribution in [0.2, 0.25) is 5.02 Å². The molecular weight excluding hydrogens is 278 g/mol. The number of nitrogens with zero attached hydrogens (tertiary/aromatic N) is 3. The molecule has 2 rings (SSSR count). The highest BCUT2D eigenvalue weighted by Gasteiger charge is 2.13. The van der Waals surface area contributed by atoms with Gasteiger partial charge in [0.2, 0.25) is 0 Å². The topological polar surface area (TPSA) is 67.9 Å². The molecule has 0 atom stereocenters. The Morgan fingerprint density at radius 3 is 2.80 bits per heavy atom. The van der Waals surface area contributed by atoms with Crippen molar-refractivity contribution in [1.29, 1.82) is 5.26 Å². The molecule has 0 unspecified atom stereocenters. The largest absolute Gasteiger partial charge is 0.496 e. The zero-order valence-electron chi connectivity index (χ0n) is 11.1. The minimum atomic E-state index is -0.403. The van der Waals surface area contributed by atoms with Crippen LogP contribution >= 0.6 is 11.6 Å². The van der Waals surface area contributed by atoms with Crippen LogP contribution in [0.1, 0.15) is 12.5 Å². The van der Waals surface area contributed by atoms with E-state index in [0.29, 0.717) is 28.6 Å². The highest BCUT2D eigenvalue weighted by atomic mass is 35.5. The fraction of sp³-hybridized carbons (Fsp3) is 0.214. The van der Waals surface area contributed by atoms with Gasteiger partial charge in [-0.3, -0.25) is 4.79 Å². The molecule has 0 aliphatic heterocycles. The first kappa shape index (κ1) is 14.1. The van der Waals surface area contributed by atoms with Crippen molar-refractivity contribution in [3.8, 4) is 23.1 Å². The molecule has 0 fully saturated rings. The first-order valence-electron chi connectivity index (χ1n) is 5.97. The van der Waals surface area contributed by atoms with Gasteiger partial charge < -0.3 is 4.74 Å². The van der Waals surface area contributed by atoms with E-state index in [1.807, 2.05) is 6.07 Å². The summed E-state index contributed by atoms with van der Waals surface area (Å²) in [6.07, 6.45) is 0. The van der Waals surface area contributed by atoms with Crippen molar-refractivity contribution in [3.63, 3.8) is 0 Å². The summed E-state index contributed by atoms with van der Waals surface area (Å²) in [5.41, 5.74) is 0.750. The van der Waals surface area contributed by atoms with Crippen LogP contribution in [0, 0.1) is 11.3 Å². The molecule has 0 saturated heterocycles. The van der Waals surface area contributed by atoms with E-state index in [-0.39, 0.29) is 5.56 Å². The molecule has 1 heterocycles. The first-order valence-corrected chi connectivity index (χ1v) is 6.34. The third-order valence-corrected chi connectivity index (χ3v) is 3.07. The molecule has 0 bridgehead atoms. The van der Waals surface area contributed by atoms with Gasteiger partial charge in [0, 0.05) is 17.1 Å². The highest BCUT2D eigenvalue weighted by molar-refractivity contribution is 6.30. The molecule has 0 radical (unpaired) electrons. The van der Waals surface area contributed by atoms with Crippen LogP contribution in [0.4, 0.5) is 0 Å². The summed E-state index contributed by atoms with van der Waals surface area (Å²) in [5, 5.41) is 13.8. The second-order valence-corrected chi connectivity index (χ2v) is 4.46. The number of aromatic nitrogens is 2. The lowest BCUT2D eigenvalue weighted by atomic mass is 10.1. The average Bonchev–Trinajstić information content (AvgIpc) is 2.47. The monoisotopic (exact) mass is 289 g/mol. The van der Waals surface area contributed by atoms with Gasteiger partial charge in [0.25, 0.3) is 5.56 Å². The molecule has 0 N–H and O–H groups in total. The Labute approximate surface area is 121 Å². The van der Waals surface area contributed by atoms with Gasteiger partial charge in [-0.1, -0.05) is 11.6 Å². The molecule has 1 aromatic carbocycles. The van der Waals surface area contributed by atoms with Crippen LogP contribution in [0.25, 0.3) is 11.3 Å². The number of hydrogen-bond donors (Lipinski definition) is 0. The van der Waals surface area contributed by atoms with Gasteiger partial charge in [0.1, 0.15) is 17.4 Å². The fourth-order valence-electron chi connectivity index (χ4n) is 1.85. The second kappa shape index (κ2) is 5.76. The van der Waals surface area contributed by atoms with Crippen molar-refractivity contribution in [3.05, 3.63) is 45.2 Å². The Morgan fingerprint density at radius 1 is 1.45 bits per heavy atom. The number of benzene rings is 1. The molecule has 0 aliphatic rings. The zero-order chi connectivity index (χ0) is 14.7. The van der Waals surface area contributed by atoms with Gasteiger partial charge in [-0.05, 0) is 31.2 Å². The smallest absolute Gasteiger partial charge is 0.284 e. The van der Waals surface area contributed by atoms with Crippen LogP contribution in [-0.4, -0.2) is 16.9 Å². The normalized spacial score (nSPS) is 10.1. The number of aryl methyl sites for hydroxylation is 1. The van der Waals surface area contributed by atoms with Crippen molar-refractivity contribution in [2.24, 2.45) is 0 Å². The average molecular weight is 290 g/mol. The highest BCUT2D eigenvalue weighted by Crippen LogP contribution is 2.31.